The average molecular weight is 175 g/mol. The van der Waals surface area contributed by atoms with Crippen molar-refractivity contribution in [2.75, 3.05) is 7.05 Å². The van der Waals surface area contributed by atoms with E-state index in [2.05, 4.69) is 43.1 Å². The average Bonchev–Trinajstić information content (AvgIpc) is 2.85. The second kappa shape index (κ2) is 3.51. The van der Waals surface area contributed by atoms with Crippen LogP contribution >= 0.6 is 0 Å². The molecule has 0 amide bonds. The van der Waals surface area contributed by atoms with Crippen molar-refractivity contribution in [3.05, 3.63) is 35.4 Å². The summed E-state index contributed by atoms with van der Waals surface area (Å²) in [7, 11) is 2.22. The molecule has 2 rings (SSSR count). The molecule has 1 aliphatic rings. The van der Waals surface area contributed by atoms with E-state index in [4.69, 9.17) is 0 Å². The number of hydrogen-bond donors (Lipinski definition) is 0. The van der Waals surface area contributed by atoms with Crippen LogP contribution in [0.2, 0.25) is 0 Å². The molecule has 0 unspecified atom stereocenters. The van der Waals surface area contributed by atoms with Crippen LogP contribution in [0.1, 0.15) is 24.0 Å². The molecule has 0 saturated heterocycles. The fourth-order valence-corrected chi connectivity index (χ4v) is 1.74. The van der Waals surface area contributed by atoms with E-state index in [1.54, 1.807) is 0 Å². The zero-order valence-corrected chi connectivity index (χ0v) is 8.46. The molecule has 70 valence electrons. The molecule has 0 radical (unpaired) electrons. The Bertz CT molecular complexity index is 289. The molecule has 1 aromatic rings. The lowest BCUT2D eigenvalue weighted by Gasteiger charge is -2.15. The first-order valence-electron chi connectivity index (χ1n) is 5.01. The molecule has 1 fully saturated rings. The van der Waals surface area contributed by atoms with Gasteiger partial charge in [0.25, 0.3) is 0 Å². The zero-order valence-electron chi connectivity index (χ0n) is 8.46. The van der Waals surface area contributed by atoms with Crippen LogP contribution in [-0.4, -0.2) is 18.0 Å². The Hall–Kier alpha value is -0.820. The summed E-state index contributed by atoms with van der Waals surface area (Å²) in [4.78, 5) is 2.45. The van der Waals surface area contributed by atoms with Gasteiger partial charge in [0.2, 0.25) is 0 Å². The Morgan fingerprint density at radius 2 is 2.15 bits per heavy atom. The number of aryl methyl sites for hydroxylation is 1. The Morgan fingerprint density at radius 1 is 1.38 bits per heavy atom. The Morgan fingerprint density at radius 3 is 2.77 bits per heavy atom. The molecule has 13 heavy (non-hydrogen) atoms. The van der Waals surface area contributed by atoms with Crippen LogP contribution in [-0.2, 0) is 6.54 Å². The lowest BCUT2D eigenvalue weighted by molar-refractivity contribution is 0.316. The molecule has 0 aliphatic heterocycles. The second-order valence-electron chi connectivity index (χ2n) is 4.14. The van der Waals surface area contributed by atoms with Crippen LogP contribution in [0, 0.1) is 6.92 Å². The number of rotatable bonds is 3. The van der Waals surface area contributed by atoms with Crippen LogP contribution < -0.4 is 0 Å². The van der Waals surface area contributed by atoms with Gasteiger partial charge in [-0.2, -0.15) is 0 Å². The van der Waals surface area contributed by atoms with Gasteiger partial charge < -0.3 is 0 Å². The summed E-state index contributed by atoms with van der Waals surface area (Å²) in [6, 6.07) is 9.65. The third-order valence-electron chi connectivity index (χ3n) is 2.68. The van der Waals surface area contributed by atoms with E-state index in [1.165, 1.54) is 24.0 Å². The molecule has 0 N–H and O–H groups in total. The Labute approximate surface area is 80.4 Å². The first-order chi connectivity index (χ1) is 6.25. The van der Waals surface area contributed by atoms with Crippen molar-refractivity contribution in [1.29, 1.82) is 0 Å². The minimum absolute atomic E-state index is 0.862. The largest absolute Gasteiger partial charge is 0.299 e. The summed E-state index contributed by atoms with van der Waals surface area (Å²) < 4.78 is 0. The summed E-state index contributed by atoms with van der Waals surface area (Å²) in [6.45, 7) is 3.26. The van der Waals surface area contributed by atoms with Crippen molar-refractivity contribution in [1.82, 2.24) is 4.90 Å². The normalized spacial score (nSPS) is 16.5. The highest BCUT2D eigenvalue weighted by Gasteiger charge is 2.25. The molecular formula is C12H17N. The zero-order chi connectivity index (χ0) is 9.26. The maximum Gasteiger partial charge on any atom is 0.0233 e. The summed E-state index contributed by atoms with van der Waals surface area (Å²) in [6.07, 6.45) is 2.78. The number of hydrogen-bond acceptors (Lipinski definition) is 1. The first kappa shape index (κ1) is 8.76. The second-order valence-corrected chi connectivity index (χ2v) is 4.14. The maximum atomic E-state index is 2.45. The van der Waals surface area contributed by atoms with Gasteiger partial charge in [-0.15, -0.1) is 0 Å². The highest BCUT2D eigenvalue weighted by atomic mass is 15.1. The van der Waals surface area contributed by atoms with E-state index in [0.29, 0.717) is 0 Å². The summed E-state index contributed by atoms with van der Waals surface area (Å²) in [5, 5.41) is 0. The van der Waals surface area contributed by atoms with Crippen LogP contribution in [0.15, 0.2) is 24.3 Å². The lowest BCUT2D eigenvalue weighted by atomic mass is 10.1. The van der Waals surface area contributed by atoms with Gasteiger partial charge in [0.05, 0.1) is 0 Å². The van der Waals surface area contributed by atoms with E-state index >= 15 is 0 Å². The minimum atomic E-state index is 0.862. The van der Waals surface area contributed by atoms with E-state index in [-0.39, 0.29) is 0 Å². The van der Waals surface area contributed by atoms with Gasteiger partial charge in [0.15, 0.2) is 0 Å². The van der Waals surface area contributed by atoms with Gasteiger partial charge in [-0.3, -0.25) is 4.90 Å². The van der Waals surface area contributed by atoms with Crippen molar-refractivity contribution in [2.24, 2.45) is 0 Å². The van der Waals surface area contributed by atoms with Crippen LogP contribution in [0.4, 0.5) is 0 Å². The van der Waals surface area contributed by atoms with Crippen molar-refractivity contribution >= 4 is 0 Å². The molecule has 1 aliphatic carbocycles. The number of nitrogens with zero attached hydrogens (tertiary/aromatic N) is 1. The standard InChI is InChI=1S/C12H17N/c1-10-4-3-5-11(8-10)9-13(2)12-6-7-12/h3-5,8,12H,6-7,9H2,1-2H3. The molecule has 1 saturated carbocycles. The SMILES string of the molecule is Cc1cccc(CN(C)C2CC2)c1. The third kappa shape index (κ3) is 2.31. The third-order valence-corrected chi connectivity index (χ3v) is 2.68. The molecule has 0 heterocycles. The minimum Gasteiger partial charge on any atom is -0.299 e. The predicted molar refractivity (Wildman–Crippen MR) is 55.7 cm³/mol. The van der Waals surface area contributed by atoms with E-state index < -0.39 is 0 Å². The highest BCUT2D eigenvalue weighted by Crippen LogP contribution is 2.26. The summed E-state index contributed by atoms with van der Waals surface area (Å²) >= 11 is 0. The molecule has 0 atom stereocenters. The molecular weight excluding hydrogens is 158 g/mol. The lowest BCUT2D eigenvalue weighted by Crippen LogP contribution is -2.19. The highest BCUT2D eigenvalue weighted by molar-refractivity contribution is 5.22. The molecule has 1 nitrogen and oxygen atoms in total. The van der Waals surface area contributed by atoms with Gasteiger partial charge in [0.1, 0.15) is 0 Å². The van der Waals surface area contributed by atoms with Crippen LogP contribution in [0.25, 0.3) is 0 Å². The van der Waals surface area contributed by atoms with Crippen molar-refractivity contribution in [3.8, 4) is 0 Å². The van der Waals surface area contributed by atoms with Gasteiger partial charge in [0, 0.05) is 12.6 Å². The maximum absolute atomic E-state index is 2.45. The van der Waals surface area contributed by atoms with Crippen molar-refractivity contribution in [2.45, 2.75) is 32.4 Å². The fourth-order valence-electron chi connectivity index (χ4n) is 1.74. The van der Waals surface area contributed by atoms with Crippen molar-refractivity contribution in [3.63, 3.8) is 0 Å². The number of benzene rings is 1. The monoisotopic (exact) mass is 175 g/mol. The summed E-state index contributed by atoms with van der Waals surface area (Å²) in [5.74, 6) is 0. The molecule has 0 spiro atoms. The quantitative estimate of drug-likeness (QED) is 0.682. The Balaban J connectivity index is 2.00. The van der Waals surface area contributed by atoms with Gasteiger partial charge in [-0.25, -0.2) is 0 Å². The smallest absolute Gasteiger partial charge is 0.0233 e. The van der Waals surface area contributed by atoms with E-state index in [9.17, 15) is 0 Å². The topological polar surface area (TPSA) is 3.24 Å². The van der Waals surface area contributed by atoms with Crippen LogP contribution in [0.3, 0.4) is 0 Å². The Kier molecular flexibility index (Phi) is 2.36. The fraction of sp³-hybridized carbons (Fsp3) is 0.500. The molecule has 1 aromatic carbocycles. The summed E-state index contributed by atoms with van der Waals surface area (Å²) in [5.41, 5.74) is 2.80. The first-order valence-corrected chi connectivity index (χ1v) is 5.01. The van der Waals surface area contributed by atoms with E-state index in [0.717, 1.165) is 12.6 Å². The molecule has 1 heteroatoms. The van der Waals surface area contributed by atoms with Gasteiger partial charge in [-0.05, 0) is 32.4 Å². The van der Waals surface area contributed by atoms with Gasteiger partial charge >= 0.3 is 0 Å². The van der Waals surface area contributed by atoms with Crippen LogP contribution in [0.5, 0.6) is 0 Å². The van der Waals surface area contributed by atoms with Gasteiger partial charge in [-0.1, -0.05) is 29.8 Å². The molecule has 0 bridgehead atoms. The van der Waals surface area contributed by atoms with E-state index in [1.807, 2.05) is 0 Å². The molecule has 0 aromatic heterocycles. The predicted octanol–water partition coefficient (Wildman–Crippen LogP) is 2.59. The van der Waals surface area contributed by atoms with Crippen molar-refractivity contribution < 1.29 is 0 Å².